The number of hydrogen-bond donors (Lipinski definition) is 2. The number of anilines is 1. The van der Waals surface area contributed by atoms with E-state index in [1.807, 2.05) is 26.0 Å². The normalized spacial score (nSPS) is 14.6. The molecule has 0 spiro atoms. The van der Waals surface area contributed by atoms with Gasteiger partial charge < -0.3 is 20.5 Å². The van der Waals surface area contributed by atoms with Crippen LogP contribution in [0, 0.1) is 6.92 Å². The molecule has 5 heteroatoms. The molecular weight excluding hydrogens is 296 g/mol. The predicted molar refractivity (Wildman–Crippen MR) is 77.8 cm³/mol. The van der Waals surface area contributed by atoms with Crippen LogP contribution in [-0.4, -0.2) is 32.6 Å². The second-order valence-corrected chi connectivity index (χ2v) is 5.39. The number of methoxy groups -OCH3 is 2. The standard InChI is InChI=1S/C13H21BrN2O2/c1-9-5-6-10(14)11(7-9)16-13(2,8-15)12(17-3)18-4/h5-7,12,16H,8,15H2,1-4H3. The van der Waals surface area contributed by atoms with E-state index in [0.29, 0.717) is 6.54 Å². The van der Waals surface area contributed by atoms with E-state index in [0.717, 1.165) is 10.2 Å². The smallest absolute Gasteiger partial charge is 0.180 e. The predicted octanol–water partition coefficient (Wildman–Crippen LogP) is 2.51. The molecule has 1 rings (SSSR count). The molecule has 1 unspecified atom stereocenters. The van der Waals surface area contributed by atoms with Crippen molar-refractivity contribution in [1.82, 2.24) is 0 Å². The van der Waals surface area contributed by atoms with Crippen LogP contribution < -0.4 is 11.1 Å². The Morgan fingerprint density at radius 1 is 1.39 bits per heavy atom. The van der Waals surface area contributed by atoms with Crippen LogP contribution in [0.15, 0.2) is 22.7 Å². The zero-order chi connectivity index (χ0) is 13.8. The van der Waals surface area contributed by atoms with Gasteiger partial charge in [0.25, 0.3) is 0 Å². The Kier molecular flexibility index (Phi) is 5.59. The molecule has 0 fully saturated rings. The summed E-state index contributed by atoms with van der Waals surface area (Å²) in [5.41, 5.74) is 7.50. The highest BCUT2D eigenvalue weighted by Crippen LogP contribution is 2.28. The molecule has 1 aromatic carbocycles. The molecule has 0 heterocycles. The summed E-state index contributed by atoms with van der Waals surface area (Å²) in [6, 6.07) is 6.10. The van der Waals surface area contributed by atoms with E-state index in [1.54, 1.807) is 14.2 Å². The lowest BCUT2D eigenvalue weighted by molar-refractivity contribution is -0.134. The Morgan fingerprint density at radius 2 is 2.00 bits per heavy atom. The van der Waals surface area contributed by atoms with Gasteiger partial charge in [-0.25, -0.2) is 0 Å². The quantitative estimate of drug-likeness (QED) is 0.792. The molecule has 18 heavy (non-hydrogen) atoms. The van der Waals surface area contributed by atoms with Crippen molar-refractivity contribution in [2.75, 3.05) is 26.1 Å². The van der Waals surface area contributed by atoms with Gasteiger partial charge in [-0.3, -0.25) is 0 Å². The van der Waals surface area contributed by atoms with Crippen molar-refractivity contribution < 1.29 is 9.47 Å². The molecule has 0 aliphatic rings. The Hall–Kier alpha value is -0.620. The molecular formula is C13H21BrN2O2. The number of rotatable bonds is 6. The molecule has 3 N–H and O–H groups in total. The Morgan fingerprint density at radius 3 is 2.50 bits per heavy atom. The number of nitrogens with two attached hydrogens (primary N) is 1. The van der Waals surface area contributed by atoms with Crippen LogP contribution in [-0.2, 0) is 9.47 Å². The second kappa shape index (κ2) is 6.52. The number of benzene rings is 1. The molecule has 1 aromatic rings. The Labute approximate surface area is 117 Å². The van der Waals surface area contributed by atoms with Crippen molar-refractivity contribution in [3.63, 3.8) is 0 Å². The van der Waals surface area contributed by atoms with E-state index in [4.69, 9.17) is 15.2 Å². The molecule has 0 aliphatic heterocycles. The maximum atomic E-state index is 5.86. The summed E-state index contributed by atoms with van der Waals surface area (Å²) in [4.78, 5) is 0. The first-order valence-electron chi connectivity index (χ1n) is 5.77. The topological polar surface area (TPSA) is 56.5 Å². The van der Waals surface area contributed by atoms with E-state index >= 15 is 0 Å². The lowest BCUT2D eigenvalue weighted by Crippen LogP contribution is -2.54. The third-order valence-electron chi connectivity index (χ3n) is 2.91. The molecule has 0 aliphatic carbocycles. The number of ether oxygens (including phenoxy) is 2. The third kappa shape index (κ3) is 3.45. The first-order chi connectivity index (χ1) is 8.46. The molecule has 4 nitrogen and oxygen atoms in total. The average Bonchev–Trinajstić information content (AvgIpc) is 2.35. The van der Waals surface area contributed by atoms with Gasteiger partial charge in [0.2, 0.25) is 0 Å². The van der Waals surface area contributed by atoms with Gasteiger partial charge in [-0.05, 0) is 47.5 Å². The van der Waals surface area contributed by atoms with E-state index in [-0.39, 0.29) is 0 Å². The second-order valence-electron chi connectivity index (χ2n) is 4.53. The minimum Gasteiger partial charge on any atom is -0.373 e. The van der Waals surface area contributed by atoms with Gasteiger partial charge in [-0.1, -0.05) is 6.07 Å². The third-order valence-corrected chi connectivity index (χ3v) is 3.61. The van der Waals surface area contributed by atoms with Crippen molar-refractivity contribution >= 4 is 21.6 Å². The SMILES string of the molecule is COC(OC)C(C)(CN)Nc1cc(C)ccc1Br. The van der Waals surface area contributed by atoms with E-state index in [2.05, 4.69) is 27.3 Å². The van der Waals surface area contributed by atoms with Crippen LogP contribution in [0.2, 0.25) is 0 Å². The molecule has 0 radical (unpaired) electrons. The van der Waals surface area contributed by atoms with Gasteiger partial charge in [-0.2, -0.15) is 0 Å². The number of nitrogens with one attached hydrogen (secondary N) is 1. The monoisotopic (exact) mass is 316 g/mol. The lowest BCUT2D eigenvalue weighted by Gasteiger charge is -2.36. The fraction of sp³-hybridized carbons (Fsp3) is 0.538. The van der Waals surface area contributed by atoms with Crippen LogP contribution in [0.4, 0.5) is 5.69 Å². The summed E-state index contributed by atoms with van der Waals surface area (Å²) in [6.07, 6.45) is -0.421. The van der Waals surface area contributed by atoms with Crippen LogP contribution in [0.25, 0.3) is 0 Å². The minimum atomic E-state index is -0.500. The summed E-state index contributed by atoms with van der Waals surface area (Å²) in [7, 11) is 3.21. The highest BCUT2D eigenvalue weighted by molar-refractivity contribution is 9.10. The van der Waals surface area contributed by atoms with Gasteiger partial charge in [0, 0.05) is 30.9 Å². The van der Waals surface area contributed by atoms with Crippen molar-refractivity contribution in [2.45, 2.75) is 25.7 Å². The minimum absolute atomic E-state index is 0.389. The molecule has 102 valence electrons. The molecule has 0 bridgehead atoms. The fourth-order valence-electron chi connectivity index (χ4n) is 1.87. The van der Waals surface area contributed by atoms with Crippen molar-refractivity contribution in [2.24, 2.45) is 5.73 Å². The van der Waals surface area contributed by atoms with Gasteiger partial charge >= 0.3 is 0 Å². The summed E-state index contributed by atoms with van der Waals surface area (Å²) >= 11 is 3.52. The fourth-order valence-corrected chi connectivity index (χ4v) is 2.21. The van der Waals surface area contributed by atoms with Crippen LogP contribution in [0.5, 0.6) is 0 Å². The van der Waals surface area contributed by atoms with Gasteiger partial charge in [-0.15, -0.1) is 0 Å². The van der Waals surface area contributed by atoms with Gasteiger partial charge in [0.15, 0.2) is 6.29 Å². The van der Waals surface area contributed by atoms with Crippen molar-refractivity contribution in [3.05, 3.63) is 28.2 Å². The summed E-state index contributed by atoms with van der Waals surface area (Å²) in [6.45, 7) is 4.40. The average molecular weight is 317 g/mol. The Bertz CT molecular complexity index is 397. The zero-order valence-corrected chi connectivity index (χ0v) is 12.9. The van der Waals surface area contributed by atoms with Crippen LogP contribution in [0.3, 0.4) is 0 Å². The van der Waals surface area contributed by atoms with Crippen molar-refractivity contribution in [3.8, 4) is 0 Å². The number of halogens is 1. The largest absolute Gasteiger partial charge is 0.373 e. The van der Waals surface area contributed by atoms with Crippen LogP contribution >= 0.6 is 15.9 Å². The van der Waals surface area contributed by atoms with E-state index < -0.39 is 11.8 Å². The number of aryl methyl sites for hydroxylation is 1. The highest BCUT2D eigenvalue weighted by atomic mass is 79.9. The van der Waals surface area contributed by atoms with Crippen LogP contribution in [0.1, 0.15) is 12.5 Å². The van der Waals surface area contributed by atoms with Crippen molar-refractivity contribution in [1.29, 1.82) is 0 Å². The maximum absolute atomic E-state index is 5.86. The molecule has 0 amide bonds. The summed E-state index contributed by atoms with van der Waals surface area (Å²) in [5.74, 6) is 0. The zero-order valence-electron chi connectivity index (χ0n) is 11.3. The molecule has 0 saturated carbocycles. The maximum Gasteiger partial charge on any atom is 0.180 e. The van der Waals surface area contributed by atoms with Gasteiger partial charge in [0.1, 0.15) is 0 Å². The van der Waals surface area contributed by atoms with E-state index in [9.17, 15) is 0 Å². The molecule has 0 aromatic heterocycles. The summed E-state index contributed by atoms with van der Waals surface area (Å²) < 4.78 is 11.6. The first-order valence-corrected chi connectivity index (χ1v) is 6.56. The summed E-state index contributed by atoms with van der Waals surface area (Å²) in [5, 5.41) is 3.39. The number of hydrogen-bond acceptors (Lipinski definition) is 4. The molecule has 1 atom stereocenters. The molecule has 0 saturated heterocycles. The van der Waals surface area contributed by atoms with Gasteiger partial charge in [0.05, 0.1) is 5.54 Å². The van der Waals surface area contributed by atoms with E-state index in [1.165, 1.54) is 5.56 Å². The lowest BCUT2D eigenvalue weighted by atomic mass is 10.0. The first kappa shape index (κ1) is 15.4. The highest BCUT2D eigenvalue weighted by Gasteiger charge is 2.34. The Balaban J connectivity index is 3.01.